The minimum absolute atomic E-state index is 0.0145. The summed E-state index contributed by atoms with van der Waals surface area (Å²) in [5.74, 6) is -1.97. The maximum atomic E-state index is 12.6. The Balaban J connectivity index is 2.94. The van der Waals surface area contributed by atoms with Crippen LogP contribution in [0, 0.1) is 11.6 Å². The van der Waals surface area contributed by atoms with Crippen molar-refractivity contribution in [3.05, 3.63) is 35.4 Å². The van der Waals surface area contributed by atoms with Crippen LogP contribution in [0.15, 0.2) is 18.2 Å². The van der Waals surface area contributed by atoms with Gasteiger partial charge in [-0.15, -0.1) is 0 Å². The van der Waals surface area contributed by atoms with Crippen molar-refractivity contribution in [3.8, 4) is 0 Å². The topological polar surface area (TPSA) is 26.3 Å². The molecule has 0 aromatic heterocycles. The molecule has 0 bridgehead atoms. The van der Waals surface area contributed by atoms with Gasteiger partial charge in [-0.25, -0.2) is 8.78 Å². The lowest BCUT2D eigenvalue weighted by Gasteiger charge is -1.99. The molecule has 1 aromatic rings. The van der Waals surface area contributed by atoms with Crippen LogP contribution >= 0.6 is 0 Å². The van der Waals surface area contributed by atoms with Crippen LogP contribution in [0.2, 0.25) is 0 Å². The van der Waals surface area contributed by atoms with Crippen molar-refractivity contribution in [2.75, 3.05) is 13.7 Å². The first kappa shape index (κ1) is 9.80. The molecule has 0 amide bonds. The third kappa shape index (κ3) is 2.59. The second-order valence-electron chi connectivity index (χ2n) is 2.51. The fourth-order valence-corrected chi connectivity index (χ4v) is 0.929. The summed E-state index contributed by atoms with van der Waals surface area (Å²) < 4.78 is 29.7. The summed E-state index contributed by atoms with van der Waals surface area (Å²) in [6, 6.07) is 2.67. The molecule has 2 nitrogen and oxygen atoms in total. The van der Waals surface area contributed by atoms with Gasteiger partial charge in [0.05, 0.1) is 0 Å². The normalized spacial score (nSPS) is 10.1. The van der Waals surface area contributed by atoms with Gasteiger partial charge in [-0.1, -0.05) is 0 Å². The number of carbonyl (C=O) groups is 1. The van der Waals surface area contributed by atoms with E-state index in [-0.39, 0.29) is 12.2 Å². The van der Waals surface area contributed by atoms with Crippen LogP contribution in [0.1, 0.15) is 10.4 Å². The van der Waals surface area contributed by atoms with Crippen LogP contribution in [0.4, 0.5) is 8.78 Å². The van der Waals surface area contributed by atoms with Crippen LogP contribution in [0.3, 0.4) is 0 Å². The van der Waals surface area contributed by atoms with Gasteiger partial charge in [-0.05, 0) is 12.1 Å². The van der Waals surface area contributed by atoms with E-state index in [9.17, 15) is 13.6 Å². The SMILES string of the molecule is COCC(=O)c1cc(F)cc(F)c1. The molecule has 0 fully saturated rings. The van der Waals surface area contributed by atoms with E-state index < -0.39 is 17.4 Å². The molecule has 13 heavy (non-hydrogen) atoms. The third-order valence-electron chi connectivity index (χ3n) is 1.46. The van der Waals surface area contributed by atoms with E-state index >= 15 is 0 Å². The molecule has 0 aliphatic carbocycles. The third-order valence-corrected chi connectivity index (χ3v) is 1.46. The number of methoxy groups -OCH3 is 1. The highest BCUT2D eigenvalue weighted by Crippen LogP contribution is 2.08. The average molecular weight is 186 g/mol. The zero-order valence-electron chi connectivity index (χ0n) is 7.01. The monoisotopic (exact) mass is 186 g/mol. The van der Waals surface area contributed by atoms with E-state index in [1.54, 1.807) is 0 Å². The second-order valence-corrected chi connectivity index (χ2v) is 2.51. The summed E-state index contributed by atoms with van der Waals surface area (Å²) in [4.78, 5) is 11.1. The minimum atomic E-state index is -0.764. The van der Waals surface area contributed by atoms with E-state index in [2.05, 4.69) is 4.74 Å². The largest absolute Gasteiger partial charge is 0.377 e. The number of hydrogen-bond acceptors (Lipinski definition) is 2. The molecular formula is C9H8F2O2. The summed E-state index contributed by atoms with van der Waals surface area (Å²) in [6.07, 6.45) is 0. The van der Waals surface area contributed by atoms with E-state index in [0.717, 1.165) is 12.1 Å². The first-order valence-electron chi connectivity index (χ1n) is 3.61. The molecule has 0 atom stereocenters. The molecule has 1 rings (SSSR count). The molecule has 1 aromatic carbocycles. The highest BCUT2D eigenvalue weighted by molar-refractivity contribution is 5.97. The Morgan fingerprint density at radius 1 is 1.31 bits per heavy atom. The molecular weight excluding hydrogens is 178 g/mol. The quantitative estimate of drug-likeness (QED) is 0.673. The molecule has 70 valence electrons. The fraction of sp³-hybridized carbons (Fsp3) is 0.222. The molecule has 0 heterocycles. The van der Waals surface area contributed by atoms with Crippen LogP contribution < -0.4 is 0 Å². The van der Waals surface area contributed by atoms with Crippen molar-refractivity contribution in [3.63, 3.8) is 0 Å². The second kappa shape index (κ2) is 4.09. The molecule has 0 radical (unpaired) electrons. The van der Waals surface area contributed by atoms with Crippen LogP contribution in [0.25, 0.3) is 0 Å². The highest BCUT2D eigenvalue weighted by Gasteiger charge is 2.08. The van der Waals surface area contributed by atoms with Gasteiger partial charge in [0.2, 0.25) is 0 Å². The van der Waals surface area contributed by atoms with E-state index in [1.807, 2.05) is 0 Å². The fourth-order valence-electron chi connectivity index (χ4n) is 0.929. The van der Waals surface area contributed by atoms with Gasteiger partial charge >= 0.3 is 0 Å². The zero-order chi connectivity index (χ0) is 9.84. The van der Waals surface area contributed by atoms with Gasteiger partial charge in [-0.2, -0.15) is 0 Å². The summed E-state index contributed by atoms with van der Waals surface area (Å²) in [5, 5.41) is 0. The lowest BCUT2D eigenvalue weighted by Crippen LogP contribution is -2.07. The predicted octanol–water partition coefficient (Wildman–Crippen LogP) is 1.79. The Morgan fingerprint density at radius 2 is 1.85 bits per heavy atom. The molecule has 4 heteroatoms. The molecule has 0 N–H and O–H groups in total. The highest BCUT2D eigenvalue weighted by atomic mass is 19.1. The number of ketones is 1. The van der Waals surface area contributed by atoms with Crippen molar-refractivity contribution < 1.29 is 18.3 Å². The Bertz CT molecular complexity index is 303. The lowest BCUT2D eigenvalue weighted by atomic mass is 10.1. The molecule has 0 aliphatic heterocycles. The lowest BCUT2D eigenvalue weighted by molar-refractivity contribution is 0.0847. The number of ether oxygens (including phenoxy) is 1. The molecule has 0 aliphatic rings. The van der Waals surface area contributed by atoms with Crippen LogP contribution in [0.5, 0.6) is 0 Å². The maximum absolute atomic E-state index is 12.6. The average Bonchev–Trinajstić information content (AvgIpc) is 2.03. The molecule has 0 saturated heterocycles. The van der Waals surface area contributed by atoms with Gasteiger partial charge in [0.1, 0.15) is 18.2 Å². The number of hydrogen-bond donors (Lipinski definition) is 0. The van der Waals surface area contributed by atoms with Gasteiger partial charge in [-0.3, -0.25) is 4.79 Å². The van der Waals surface area contributed by atoms with Crippen molar-refractivity contribution >= 4 is 5.78 Å². The number of rotatable bonds is 3. The van der Waals surface area contributed by atoms with Gasteiger partial charge in [0.15, 0.2) is 5.78 Å². The molecule has 0 unspecified atom stereocenters. The number of benzene rings is 1. The smallest absolute Gasteiger partial charge is 0.188 e. The predicted molar refractivity (Wildman–Crippen MR) is 42.6 cm³/mol. The van der Waals surface area contributed by atoms with E-state index in [0.29, 0.717) is 6.07 Å². The van der Waals surface area contributed by atoms with E-state index in [4.69, 9.17) is 0 Å². The maximum Gasteiger partial charge on any atom is 0.188 e. The van der Waals surface area contributed by atoms with Crippen LogP contribution in [-0.4, -0.2) is 19.5 Å². The van der Waals surface area contributed by atoms with Crippen molar-refractivity contribution in [2.45, 2.75) is 0 Å². The summed E-state index contributed by atoms with van der Waals surface area (Å²) in [5.41, 5.74) is -0.0145. The van der Waals surface area contributed by atoms with E-state index in [1.165, 1.54) is 7.11 Å². The van der Waals surface area contributed by atoms with Crippen LogP contribution in [-0.2, 0) is 4.74 Å². The number of Topliss-reactive ketones (excluding diaryl/α,β-unsaturated/α-hetero) is 1. The minimum Gasteiger partial charge on any atom is -0.377 e. The van der Waals surface area contributed by atoms with Gasteiger partial charge in [0, 0.05) is 18.7 Å². The summed E-state index contributed by atoms with van der Waals surface area (Å²) in [7, 11) is 1.34. The van der Waals surface area contributed by atoms with Crippen molar-refractivity contribution in [1.82, 2.24) is 0 Å². The molecule has 0 spiro atoms. The first-order valence-corrected chi connectivity index (χ1v) is 3.61. The zero-order valence-corrected chi connectivity index (χ0v) is 7.01. The number of halogens is 2. The Labute approximate surface area is 74.1 Å². The van der Waals surface area contributed by atoms with Crippen molar-refractivity contribution in [2.24, 2.45) is 0 Å². The summed E-state index contributed by atoms with van der Waals surface area (Å²) in [6.45, 7) is -0.178. The Hall–Kier alpha value is -1.29. The molecule has 0 saturated carbocycles. The Kier molecular flexibility index (Phi) is 3.08. The van der Waals surface area contributed by atoms with Gasteiger partial charge in [0.25, 0.3) is 0 Å². The standard InChI is InChI=1S/C9H8F2O2/c1-13-5-9(12)6-2-7(10)4-8(11)3-6/h2-4H,5H2,1H3. The number of carbonyl (C=O) groups excluding carboxylic acids is 1. The van der Waals surface area contributed by atoms with Gasteiger partial charge < -0.3 is 4.74 Å². The summed E-state index contributed by atoms with van der Waals surface area (Å²) >= 11 is 0. The van der Waals surface area contributed by atoms with Crippen molar-refractivity contribution in [1.29, 1.82) is 0 Å². The Morgan fingerprint density at radius 3 is 2.31 bits per heavy atom. The first-order chi connectivity index (χ1) is 6.13.